The average Bonchev–Trinajstić information content (AvgIpc) is 2.30. The second kappa shape index (κ2) is 8.67. The van der Waals surface area contributed by atoms with E-state index in [1.807, 2.05) is 0 Å². The predicted molar refractivity (Wildman–Crippen MR) is 94.2 cm³/mol. The van der Waals surface area contributed by atoms with Crippen molar-refractivity contribution in [2.45, 2.75) is 16.6 Å². The van der Waals surface area contributed by atoms with Crippen LogP contribution in [-0.2, 0) is 14.2 Å². The lowest BCUT2D eigenvalue weighted by Gasteiger charge is -2.20. The van der Waals surface area contributed by atoms with Crippen molar-refractivity contribution in [3.05, 3.63) is 18.8 Å². The molecule has 0 aromatic rings. The quantitative estimate of drug-likeness (QED) is 0.274. The molecule has 0 radical (unpaired) electrons. The molecule has 0 aromatic heterocycles. The number of hydrogen-bond acceptors (Lipinski definition) is 3. The number of halogens is 3. The molecule has 1 rings (SSSR count). The predicted octanol–water partition coefficient (Wildman–Crippen LogP) is 3.84. The van der Waals surface area contributed by atoms with Gasteiger partial charge in [0.15, 0.2) is 6.29 Å². The van der Waals surface area contributed by atoms with Crippen LogP contribution in [0, 0.1) is 0 Å². The van der Waals surface area contributed by atoms with Crippen LogP contribution in [0.5, 0.6) is 0 Å². The summed E-state index contributed by atoms with van der Waals surface area (Å²) in [6.07, 6.45) is 3.06. The highest BCUT2D eigenvalue weighted by Crippen LogP contribution is 2.36. The summed E-state index contributed by atoms with van der Waals surface area (Å²) in [6, 6.07) is 0. The highest BCUT2D eigenvalue weighted by molar-refractivity contribution is 14.1. The van der Waals surface area contributed by atoms with Crippen molar-refractivity contribution in [2.75, 3.05) is 27.4 Å². The standard InChI is InChI=1S/C11H15I3O3/c1-15-10(16-2)6-17-5-7-3-8(12)4-9(13)11(7)14/h3,9-10H,4-6H2,1-2H3/t9-/m0/s1. The van der Waals surface area contributed by atoms with Gasteiger partial charge < -0.3 is 14.2 Å². The van der Waals surface area contributed by atoms with E-state index in [4.69, 9.17) is 14.2 Å². The number of methoxy groups -OCH3 is 2. The molecule has 3 nitrogen and oxygen atoms in total. The molecule has 6 heteroatoms. The van der Waals surface area contributed by atoms with Gasteiger partial charge in [-0.1, -0.05) is 22.6 Å². The molecular formula is C11H15I3O3. The molecule has 17 heavy (non-hydrogen) atoms. The minimum Gasteiger partial charge on any atom is -0.371 e. The summed E-state index contributed by atoms with van der Waals surface area (Å²) in [6.45, 7) is 1.07. The van der Waals surface area contributed by atoms with Crippen molar-refractivity contribution >= 4 is 67.8 Å². The molecule has 1 aliphatic rings. The van der Waals surface area contributed by atoms with Crippen molar-refractivity contribution in [1.82, 2.24) is 0 Å². The Balaban J connectivity index is 2.48. The maximum Gasteiger partial charge on any atom is 0.180 e. The molecule has 0 saturated heterocycles. The Bertz CT molecular complexity index is 311. The highest BCUT2D eigenvalue weighted by atomic mass is 127. The van der Waals surface area contributed by atoms with Crippen LogP contribution in [-0.4, -0.2) is 37.6 Å². The summed E-state index contributed by atoms with van der Waals surface area (Å²) in [5.41, 5.74) is 1.27. The van der Waals surface area contributed by atoms with E-state index in [0.717, 1.165) is 6.42 Å². The van der Waals surface area contributed by atoms with Crippen molar-refractivity contribution in [3.63, 3.8) is 0 Å². The molecule has 0 aliphatic heterocycles. The lowest BCUT2D eigenvalue weighted by molar-refractivity contribution is -0.137. The zero-order valence-electron chi connectivity index (χ0n) is 9.71. The summed E-state index contributed by atoms with van der Waals surface area (Å²) in [5.74, 6) is 0. The van der Waals surface area contributed by atoms with E-state index >= 15 is 0 Å². The normalized spacial score (nSPS) is 21.1. The van der Waals surface area contributed by atoms with E-state index in [9.17, 15) is 0 Å². The Morgan fingerprint density at radius 1 is 1.35 bits per heavy atom. The SMILES string of the molecule is COC(COCC1=C(I)[C@@H](I)CC(I)=C1)OC. The minimum atomic E-state index is -0.282. The first kappa shape index (κ1) is 16.6. The summed E-state index contributed by atoms with van der Waals surface area (Å²) >= 11 is 7.28. The Labute approximate surface area is 143 Å². The maximum atomic E-state index is 5.62. The Morgan fingerprint density at radius 3 is 2.59 bits per heavy atom. The van der Waals surface area contributed by atoms with Gasteiger partial charge in [0.2, 0.25) is 0 Å². The molecule has 1 aliphatic carbocycles. The fourth-order valence-electron chi connectivity index (χ4n) is 1.39. The molecule has 98 valence electrons. The van der Waals surface area contributed by atoms with Gasteiger partial charge in [0.05, 0.1) is 13.2 Å². The third-order valence-corrected chi connectivity index (χ3v) is 6.78. The number of rotatable bonds is 6. The minimum absolute atomic E-state index is 0.282. The van der Waals surface area contributed by atoms with Crippen LogP contribution in [0.15, 0.2) is 18.8 Å². The van der Waals surface area contributed by atoms with E-state index in [1.54, 1.807) is 14.2 Å². The van der Waals surface area contributed by atoms with E-state index in [0.29, 0.717) is 17.1 Å². The second-order valence-corrected chi connectivity index (χ2v) is 7.60. The van der Waals surface area contributed by atoms with Gasteiger partial charge in [-0.3, -0.25) is 0 Å². The van der Waals surface area contributed by atoms with Gasteiger partial charge in [-0.25, -0.2) is 0 Å². The van der Waals surface area contributed by atoms with Gasteiger partial charge in [0, 0.05) is 21.7 Å². The topological polar surface area (TPSA) is 27.7 Å². The van der Waals surface area contributed by atoms with Crippen LogP contribution >= 0.6 is 67.8 Å². The van der Waals surface area contributed by atoms with E-state index in [-0.39, 0.29) is 6.29 Å². The number of alkyl halides is 1. The van der Waals surface area contributed by atoms with Crippen molar-refractivity contribution in [1.29, 1.82) is 0 Å². The third kappa shape index (κ3) is 5.59. The average molecular weight is 576 g/mol. The summed E-state index contributed by atoms with van der Waals surface area (Å²) in [5, 5.41) is 0. The van der Waals surface area contributed by atoms with Crippen molar-refractivity contribution in [2.24, 2.45) is 0 Å². The number of hydrogen-bond donors (Lipinski definition) is 0. The summed E-state index contributed by atoms with van der Waals surface area (Å²) < 4.78 is 19.1. The zero-order valence-corrected chi connectivity index (χ0v) is 16.2. The molecule has 0 fully saturated rings. The fourth-order valence-corrected chi connectivity index (χ4v) is 4.45. The van der Waals surface area contributed by atoms with Crippen molar-refractivity contribution in [3.8, 4) is 0 Å². The Kier molecular flexibility index (Phi) is 8.47. The smallest absolute Gasteiger partial charge is 0.180 e. The molecule has 0 spiro atoms. The van der Waals surface area contributed by atoms with Crippen molar-refractivity contribution < 1.29 is 14.2 Å². The van der Waals surface area contributed by atoms with Crippen LogP contribution in [0.3, 0.4) is 0 Å². The lowest BCUT2D eigenvalue weighted by atomic mass is 10.1. The maximum absolute atomic E-state index is 5.62. The van der Waals surface area contributed by atoms with Crippen LogP contribution in [0.4, 0.5) is 0 Å². The molecule has 0 bridgehead atoms. The third-order valence-electron chi connectivity index (χ3n) is 2.32. The highest BCUT2D eigenvalue weighted by Gasteiger charge is 2.19. The number of ether oxygens (including phenoxy) is 3. The van der Waals surface area contributed by atoms with Gasteiger partial charge in [0.25, 0.3) is 0 Å². The summed E-state index contributed by atoms with van der Waals surface area (Å²) in [4.78, 5) is 0. The van der Waals surface area contributed by atoms with Gasteiger partial charge in [-0.15, -0.1) is 0 Å². The van der Waals surface area contributed by atoms with E-state index in [1.165, 1.54) is 12.7 Å². The van der Waals surface area contributed by atoms with Gasteiger partial charge in [0.1, 0.15) is 0 Å². The fraction of sp³-hybridized carbons (Fsp3) is 0.636. The molecule has 0 N–H and O–H groups in total. The molecule has 0 saturated carbocycles. The van der Waals surface area contributed by atoms with E-state index in [2.05, 4.69) is 73.8 Å². The molecule has 0 unspecified atom stereocenters. The first-order valence-electron chi connectivity index (χ1n) is 5.10. The van der Waals surface area contributed by atoms with Crippen LogP contribution in [0.2, 0.25) is 0 Å². The Hall–Kier alpha value is 1.55. The molecule has 0 heterocycles. The molecule has 0 aromatic carbocycles. The van der Waals surface area contributed by atoms with E-state index < -0.39 is 0 Å². The number of allylic oxidation sites excluding steroid dienone is 2. The van der Waals surface area contributed by atoms with Crippen LogP contribution in [0.1, 0.15) is 6.42 Å². The largest absolute Gasteiger partial charge is 0.371 e. The van der Waals surface area contributed by atoms with Crippen LogP contribution < -0.4 is 0 Å². The molecule has 0 amide bonds. The Morgan fingerprint density at radius 2 is 2.00 bits per heavy atom. The first-order chi connectivity index (χ1) is 8.08. The van der Waals surface area contributed by atoms with Crippen LogP contribution in [0.25, 0.3) is 0 Å². The monoisotopic (exact) mass is 576 g/mol. The molecular weight excluding hydrogens is 561 g/mol. The zero-order chi connectivity index (χ0) is 12.8. The van der Waals surface area contributed by atoms with Gasteiger partial charge in [-0.05, 0) is 66.8 Å². The second-order valence-electron chi connectivity index (χ2n) is 3.55. The summed E-state index contributed by atoms with van der Waals surface area (Å²) in [7, 11) is 3.23. The van der Waals surface area contributed by atoms with Gasteiger partial charge >= 0.3 is 0 Å². The molecule has 1 atom stereocenters. The first-order valence-corrected chi connectivity index (χ1v) is 8.50. The van der Waals surface area contributed by atoms with Gasteiger partial charge in [-0.2, -0.15) is 0 Å². The lowest BCUT2D eigenvalue weighted by Crippen LogP contribution is -2.21.